The molecule has 2 heterocycles. The molecule has 1 fully saturated rings. The highest BCUT2D eigenvalue weighted by molar-refractivity contribution is 5.68. The molecule has 39 heavy (non-hydrogen) atoms. The normalized spacial score (nSPS) is 20.2. The van der Waals surface area contributed by atoms with Crippen LogP contribution in [0.3, 0.4) is 0 Å². The quantitative estimate of drug-likeness (QED) is 0.265. The van der Waals surface area contributed by atoms with Crippen LogP contribution in [0.5, 0.6) is 11.5 Å². The molecule has 200 valence electrons. The van der Waals surface area contributed by atoms with E-state index in [9.17, 15) is 0 Å². The van der Waals surface area contributed by atoms with Gasteiger partial charge in [-0.15, -0.1) is 0 Å². The molecule has 4 aromatic rings. The van der Waals surface area contributed by atoms with Crippen molar-refractivity contribution in [1.82, 2.24) is 0 Å². The molecule has 0 saturated carbocycles. The molecule has 0 N–H and O–H groups in total. The van der Waals surface area contributed by atoms with Gasteiger partial charge in [0, 0.05) is 0 Å². The molecule has 2 atom stereocenters. The number of hydrogen-bond acceptors (Lipinski definition) is 4. The third kappa shape index (κ3) is 5.61. The maximum absolute atomic E-state index is 6.47. The van der Waals surface area contributed by atoms with Crippen LogP contribution >= 0.6 is 0 Å². The van der Waals surface area contributed by atoms with E-state index >= 15 is 0 Å². The predicted octanol–water partition coefficient (Wildman–Crippen LogP) is 8.57. The lowest BCUT2D eigenvalue weighted by atomic mass is 9.92. The SMILES string of the molecule is c1ccc([C@H]2[C@H](c3ccccc3)N3CN2c2ccccc2OCCCCCCCCOc2ccccc23)cc1. The van der Waals surface area contributed by atoms with E-state index in [1.54, 1.807) is 0 Å². The van der Waals surface area contributed by atoms with E-state index in [1.165, 1.54) is 36.8 Å². The van der Waals surface area contributed by atoms with Crippen LogP contribution in [0.25, 0.3) is 0 Å². The fraction of sp³-hybridized carbons (Fsp3) is 0.314. The van der Waals surface area contributed by atoms with Gasteiger partial charge < -0.3 is 19.3 Å². The molecule has 0 aliphatic carbocycles. The summed E-state index contributed by atoms with van der Waals surface area (Å²) in [6, 6.07) is 39.1. The molecule has 1 saturated heterocycles. The lowest BCUT2D eigenvalue weighted by Crippen LogP contribution is -2.27. The standard InChI is InChI=1S/C35H38N2O2/c1-2-4-16-26-39-33-24-14-12-22-31(33)37-27-36(30-21-11-13-23-32(30)38-25-15-3-1)34(28-17-7-5-8-18-28)35(37)29-19-9-6-10-20-29/h5-14,17-24,34-35H,1-4,15-16,25-27H2/t34-,35-/m0/s1. The molecule has 2 aliphatic heterocycles. The maximum atomic E-state index is 6.47. The number of hydrogen-bond donors (Lipinski definition) is 0. The van der Waals surface area contributed by atoms with Gasteiger partial charge in [0.15, 0.2) is 0 Å². The Morgan fingerprint density at radius 1 is 0.436 bits per heavy atom. The largest absolute Gasteiger partial charge is 0.491 e. The Kier molecular flexibility index (Phi) is 7.99. The first-order valence-electron chi connectivity index (χ1n) is 14.5. The average Bonchev–Trinajstić information content (AvgIpc) is 3.39. The molecule has 4 heteroatoms. The monoisotopic (exact) mass is 518 g/mol. The Morgan fingerprint density at radius 2 is 0.821 bits per heavy atom. The molecular weight excluding hydrogens is 480 g/mol. The highest BCUT2D eigenvalue weighted by Crippen LogP contribution is 2.51. The topological polar surface area (TPSA) is 24.9 Å². The number of para-hydroxylation sites is 4. The smallest absolute Gasteiger partial charge is 0.142 e. The summed E-state index contributed by atoms with van der Waals surface area (Å²) >= 11 is 0. The number of nitrogens with zero attached hydrogens (tertiary/aromatic N) is 2. The second-order valence-corrected chi connectivity index (χ2v) is 10.5. The number of ether oxygens (including phenoxy) is 2. The summed E-state index contributed by atoms with van der Waals surface area (Å²) in [5, 5.41) is 0. The van der Waals surface area contributed by atoms with Crippen molar-refractivity contribution < 1.29 is 9.47 Å². The van der Waals surface area contributed by atoms with Crippen LogP contribution in [0.15, 0.2) is 109 Å². The van der Waals surface area contributed by atoms with Gasteiger partial charge in [-0.25, -0.2) is 0 Å². The van der Waals surface area contributed by atoms with Gasteiger partial charge in [-0.3, -0.25) is 0 Å². The Labute approximate surface area is 232 Å². The zero-order valence-corrected chi connectivity index (χ0v) is 22.6. The first kappa shape index (κ1) is 25.4. The molecule has 6 rings (SSSR count). The zero-order chi connectivity index (χ0) is 26.3. The van der Waals surface area contributed by atoms with Crippen molar-refractivity contribution in [2.75, 3.05) is 29.7 Å². The molecule has 4 nitrogen and oxygen atoms in total. The molecule has 2 aliphatic rings. The number of benzene rings is 4. The van der Waals surface area contributed by atoms with E-state index in [-0.39, 0.29) is 12.1 Å². The Bertz CT molecular complexity index is 1220. The second-order valence-electron chi connectivity index (χ2n) is 10.5. The minimum Gasteiger partial charge on any atom is -0.491 e. The fourth-order valence-electron chi connectivity index (χ4n) is 6.07. The van der Waals surface area contributed by atoms with Crippen LogP contribution in [-0.2, 0) is 0 Å². The summed E-state index contributed by atoms with van der Waals surface area (Å²) in [6.45, 7) is 2.22. The van der Waals surface area contributed by atoms with Crippen LogP contribution in [0.2, 0.25) is 0 Å². The minimum absolute atomic E-state index is 0.0882. The summed E-state index contributed by atoms with van der Waals surface area (Å²) in [4.78, 5) is 5.05. The molecule has 0 spiro atoms. The van der Waals surface area contributed by atoms with Crippen LogP contribution < -0.4 is 19.3 Å². The minimum atomic E-state index is 0.0882. The molecule has 4 aromatic carbocycles. The third-order valence-corrected chi connectivity index (χ3v) is 7.96. The van der Waals surface area contributed by atoms with Crippen molar-refractivity contribution in [2.24, 2.45) is 0 Å². The van der Waals surface area contributed by atoms with Crippen molar-refractivity contribution in [3.63, 3.8) is 0 Å². The van der Waals surface area contributed by atoms with Crippen LogP contribution in [-0.4, -0.2) is 19.9 Å². The van der Waals surface area contributed by atoms with Crippen molar-refractivity contribution in [3.05, 3.63) is 120 Å². The molecule has 0 radical (unpaired) electrons. The van der Waals surface area contributed by atoms with Gasteiger partial charge in [-0.1, -0.05) is 111 Å². The van der Waals surface area contributed by atoms with Crippen molar-refractivity contribution in [2.45, 2.75) is 50.6 Å². The van der Waals surface area contributed by atoms with E-state index in [1.807, 2.05) is 0 Å². The maximum Gasteiger partial charge on any atom is 0.142 e. The number of fused-ring (bicyclic) bond motifs is 6. The van der Waals surface area contributed by atoms with Crippen LogP contribution in [0.4, 0.5) is 11.4 Å². The van der Waals surface area contributed by atoms with Crippen molar-refractivity contribution in [3.8, 4) is 11.5 Å². The lowest BCUT2D eigenvalue weighted by molar-refractivity contribution is 0.297. The van der Waals surface area contributed by atoms with Crippen LogP contribution in [0.1, 0.15) is 61.7 Å². The van der Waals surface area contributed by atoms with E-state index in [4.69, 9.17) is 9.47 Å². The Morgan fingerprint density at radius 3 is 1.28 bits per heavy atom. The number of rotatable bonds is 2. The Hall–Kier alpha value is -3.92. The van der Waals surface area contributed by atoms with Gasteiger partial charge in [0.25, 0.3) is 0 Å². The highest BCUT2D eigenvalue weighted by atomic mass is 16.5. The summed E-state index contributed by atoms with van der Waals surface area (Å²) in [6.07, 6.45) is 7.05. The van der Waals surface area contributed by atoms with E-state index in [2.05, 4.69) is 119 Å². The van der Waals surface area contributed by atoms with Gasteiger partial charge >= 0.3 is 0 Å². The van der Waals surface area contributed by atoms with E-state index < -0.39 is 0 Å². The average molecular weight is 519 g/mol. The fourth-order valence-corrected chi connectivity index (χ4v) is 6.07. The van der Waals surface area contributed by atoms with Gasteiger partial charge in [0.05, 0.1) is 43.3 Å². The van der Waals surface area contributed by atoms with Gasteiger partial charge in [0.2, 0.25) is 0 Å². The van der Waals surface area contributed by atoms with Gasteiger partial charge in [-0.2, -0.15) is 0 Å². The first-order valence-corrected chi connectivity index (χ1v) is 14.5. The summed E-state index contributed by atoms with van der Waals surface area (Å²) in [5.74, 6) is 1.92. The molecular formula is C35H38N2O2. The highest BCUT2D eigenvalue weighted by Gasteiger charge is 2.43. The molecule has 0 unspecified atom stereocenters. The third-order valence-electron chi connectivity index (χ3n) is 7.96. The zero-order valence-electron chi connectivity index (χ0n) is 22.6. The predicted molar refractivity (Wildman–Crippen MR) is 160 cm³/mol. The van der Waals surface area contributed by atoms with Crippen molar-refractivity contribution in [1.29, 1.82) is 0 Å². The van der Waals surface area contributed by atoms with Crippen LogP contribution in [0, 0.1) is 0 Å². The molecule has 0 amide bonds. The molecule has 2 bridgehead atoms. The van der Waals surface area contributed by atoms with E-state index in [0.29, 0.717) is 0 Å². The summed E-state index contributed by atoms with van der Waals surface area (Å²) in [5.41, 5.74) is 4.85. The Balaban J connectivity index is 1.51. The summed E-state index contributed by atoms with van der Waals surface area (Å²) < 4.78 is 12.9. The molecule has 0 aromatic heterocycles. The van der Waals surface area contributed by atoms with E-state index in [0.717, 1.165) is 55.6 Å². The number of anilines is 2. The van der Waals surface area contributed by atoms with Crippen molar-refractivity contribution >= 4 is 11.4 Å². The lowest BCUT2D eigenvalue weighted by Gasteiger charge is -2.31. The van der Waals surface area contributed by atoms with Gasteiger partial charge in [0.1, 0.15) is 11.5 Å². The first-order chi connectivity index (χ1) is 19.4. The second kappa shape index (κ2) is 12.3. The summed E-state index contributed by atoms with van der Waals surface area (Å²) in [7, 11) is 0. The van der Waals surface area contributed by atoms with Gasteiger partial charge in [-0.05, 0) is 48.2 Å².